The number of anilines is 1. The Labute approximate surface area is 182 Å². The molecule has 0 saturated carbocycles. The number of carbonyl (C=O) groups excluding carboxylic acids is 1. The lowest BCUT2D eigenvalue weighted by molar-refractivity contribution is -0.133. The van der Waals surface area contributed by atoms with Crippen molar-refractivity contribution in [2.24, 2.45) is 23.7 Å². The van der Waals surface area contributed by atoms with Gasteiger partial charge in [-0.2, -0.15) is 5.10 Å². The number of aliphatic imine (C=N–C) groups is 1. The van der Waals surface area contributed by atoms with Crippen LogP contribution in [0.25, 0.3) is 0 Å². The first-order valence-electron chi connectivity index (χ1n) is 9.04. The Bertz CT molecular complexity index is 828. The monoisotopic (exact) mass is 497 g/mol. The summed E-state index contributed by atoms with van der Waals surface area (Å²) in [7, 11) is 1.88. The second kappa shape index (κ2) is 8.89. The summed E-state index contributed by atoms with van der Waals surface area (Å²) in [5.74, 6) is 1.10. The highest BCUT2D eigenvalue weighted by molar-refractivity contribution is 14.0. The number of aryl methyl sites for hydroxylation is 1. The zero-order valence-corrected chi connectivity index (χ0v) is 19.0. The number of guanidine groups is 1. The number of rotatable bonds is 4. The maximum absolute atomic E-state index is 12.8. The third kappa shape index (κ3) is 5.00. The normalized spacial score (nSPS) is 20.2. The molecule has 28 heavy (non-hydrogen) atoms. The molecule has 0 radical (unpaired) electrons. The largest absolute Gasteiger partial charge is 0.370 e. The topological polar surface area (TPSA) is 101 Å². The van der Waals surface area contributed by atoms with Gasteiger partial charge in [0.25, 0.3) is 0 Å². The van der Waals surface area contributed by atoms with Crippen molar-refractivity contribution in [1.82, 2.24) is 19.7 Å². The molecule has 1 aliphatic rings. The van der Waals surface area contributed by atoms with E-state index in [-0.39, 0.29) is 47.4 Å². The Hall–Kier alpha value is -2.17. The van der Waals surface area contributed by atoms with E-state index in [1.165, 1.54) is 0 Å². The summed E-state index contributed by atoms with van der Waals surface area (Å²) in [6.45, 7) is 6.61. The van der Waals surface area contributed by atoms with Crippen molar-refractivity contribution in [3.05, 3.63) is 42.4 Å². The minimum Gasteiger partial charge on any atom is -0.370 e. The van der Waals surface area contributed by atoms with Gasteiger partial charge in [-0.05, 0) is 32.9 Å². The molecule has 0 bridgehead atoms. The zero-order valence-electron chi connectivity index (χ0n) is 16.7. The lowest BCUT2D eigenvalue weighted by atomic mass is 9.93. The first kappa shape index (κ1) is 22.1. The van der Waals surface area contributed by atoms with E-state index in [2.05, 4.69) is 41.2 Å². The number of pyridine rings is 1. The van der Waals surface area contributed by atoms with Crippen molar-refractivity contribution in [2.75, 3.05) is 11.9 Å². The van der Waals surface area contributed by atoms with Crippen LogP contribution >= 0.6 is 24.0 Å². The molecule has 1 amide bonds. The van der Waals surface area contributed by atoms with Crippen molar-refractivity contribution < 1.29 is 4.79 Å². The molecular formula is C19H28IN7O. The first-order chi connectivity index (χ1) is 12.8. The highest BCUT2D eigenvalue weighted by Gasteiger charge is 2.45. The maximum Gasteiger partial charge on any atom is 0.223 e. The Morgan fingerprint density at radius 1 is 1.39 bits per heavy atom. The number of halogens is 1. The van der Waals surface area contributed by atoms with E-state index < -0.39 is 0 Å². The average Bonchev–Trinajstić information content (AvgIpc) is 3.16. The minimum atomic E-state index is -0.284. The summed E-state index contributed by atoms with van der Waals surface area (Å²) in [5.41, 5.74) is 6.75. The van der Waals surface area contributed by atoms with E-state index in [4.69, 9.17) is 5.73 Å². The van der Waals surface area contributed by atoms with Crippen molar-refractivity contribution in [2.45, 2.75) is 38.8 Å². The van der Waals surface area contributed by atoms with Gasteiger partial charge in [-0.1, -0.05) is 6.07 Å². The Morgan fingerprint density at radius 3 is 2.71 bits per heavy atom. The summed E-state index contributed by atoms with van der Waals surface area (Å²) in [6.07, 6.45) is 5.92. The zero-order chi connectivity index (χ0) is 19.6. The van der Waals surface area contributed by atoms with Gasteiger partial charge in [-0.3, -0.25) is 14.5 Å². The van der Waals surface area contributed by atoms with Crippen LogP contribution in [0.3, 0.4) is 0 Å². The van der Waals surface area contributed by atoms with Gasteiger partial charge in [-0.25, -0.2) is 4.98 Å². The van der Waals surface area contributed by atoms with Gasteiger partial charge >= 0.3 is 0 Å². The van der Waals surface area contributed by atoms with Crippen LogP contribution in [0, 0.1) is 5.92 Å². The molecule has 0 unspecified atom stereocenters. The standard InChI is InChI=1S/C19H27N7O.HI/c1-19(2,3)26-16(27)9-13(17(26)14-11-23-25(4)12-14)10-22-18(20)24-15-7-5-6-8-21-15;/h5-8,11-13,17H,9-10H2,1-4H3,(H3,20,21,22,24);1H/t13-,17+;/m0./s1. The molecule has 1 saturated heterocycles. The van der Waals surface area contributed by atoms with Gasteiger partial charge in [0.1, 0.15) is 5.82 Å². The maximum atomic E-state index is 12.8. The van der Waals surface area contributed by atoms with Crippen LogP contribution in [-0.2, 0) is 11.8 Å². The van der Waals surface area contributed by atoms with Gasteiger partial charge < -0.3 is 16.0 Å². The van der Waals surface area contributed by atoms with E-state index in [9.17, 15) is 4.79 Å². The molecule has 3 heterocycles. The fourth-order valence-electron chi connectivity index (χ4n) is 3.59. The van der Waals surface area contributed by atoms with Crippen molar-refractivity contribution in [3.63, 3.8) is 0 Å². The minimum absolute atomic E-state index is 0. The summed E-state index contributed by atoms with van der Waals surface area (Å²) >= 11 is 0. The second-order valence-corrected chi connectivity index (χ2v) is 7.86. The molecule has 0 aliphatic carbocycles. The lowest BCUT2D eigenvalue weighted by Crippen LogP contribution is -2.44. The summed E-state index contributed by atoms with van der Waals surface area (Å²) in [4.78, 5) is 23.3. The van der Waals surface area contributed by atoms with Crippen LogP contribution in [0.1, 0.15) is 38.8 Å². The van der Waals surface area contributed by atoms with Crippen LogP contribution in [0.2, 0.25) is 0 Å². The van der Waals surface area contributed by atoms with Crippen LogP contribution in [0.5, 0.6) is 0 Å². The van der Waals surface area contributed by atoms with Crippen LogP contribution in [-0.4, -0.2) is 43.6 Å². The van der Waals surface area contributed by atoms with E-state index in [0.717, 1.165) is 5.56 Å². The number of nitrogens with zero attached hydrogens (tertiary/aromatic N) is 5. The predicted molar refractivity (Wildman–Crippen MR) is 120 cm³/mol. The SMILES string of the molecule is Cn1cc([C@H]2[C@H](CN=C(N)Nc3ccccn3)CC(=O)N2C(C)(C)C)cn1.I. The molecule has 8 nitrogen and oxygen atoms in total. The molecule has 152 valence electrons. The van der Waals surface area contributed by atoms with E-state index in [1.54, 1.807) is 10.9 Å². The number of hydrogen-bond donors (Lipinski definition) is 2. The second-order valence-electron chi connectivity index (χ2n) is 7.86. The summed E-state index contributed by atoms with van der Waals surface area (Å²) in [5, 5.41) is 7.26. The van der Waals surface area contributed by atoms with Gasteiger partial charge in [0.15, 0.2) is 5.96 Å². The molecule has 0 aromatic carbocycles. The third-order valence-electron chi connectivity index (χ3n) is 4.64. The van der Waals surface area contributed by atoms with E-state index in [1.807, 2.05) is 42.5 Å². The van der Waals surface area contributed by atoms with E-state index in [0.29, 0.717) is 24.7 Å². The predicted octanol–water partition coefficient (Wildman–Crippen LogP) is 2.55. The van der Waals surface area contributed by atoms with Crippen LogP contribution in [0.15, 0.2) is 41.8 Å². The third-order valence-corrected chi connectivity index (χ3v) is 4.64. The quantitative estimate of drug-likeness (QED) is 0.384. The molecule has 3 rings (SSSR count). The number of carbonyl (C=O) groups is 1. The van der Waals surface area contributed by atoms with Crippen molar-refractivity contribution in [3.8, 4) is 0 Å². The van der Waals surface area contributed by atoms with Gasteiger partial charge in [0, 0.05) is 49.4 Å². The lowest BCUT2D eigenvalue weighted by Gasteiger charge is -2.38. The molecule has 9 heteroatoms. The Morgan fingerprint density at radius 2 is 2.14 bits per heavy atom. The number of nitrogens with one attached hydrogen (secondary N) is 1. The Balaban J connectivity index is 0.00000280. The Kier molecular flexibility index (Phi) is 7.02. The molecule has 0 spiro atoms. The molecular weight excluding hydrogens is 469 g/mol. The van der Waals surface area contributed by atoms with E-state index >= 15 is 0 Å². The molecule has 1 fully saturated rings. The van der Waals surface area contributed by atoms with Gasteiger partial charge in [-0.15, -0.1) is 24.0 Å². The van der Waals surface area contributed by atoms with Gasteiger partial charge in [0.2, 0.25) is 5.91 Å². The van der Waals surface area contributed by atoms with Crippen molar-refractivity contribution >= 4 is 41.7 Å². The van der Waals surface area contributed by atoms with Gasteiger partial charge in [0.05, 0.1) is 12.2 Å². The van der Waals surface area contributed by atoms with Crippen molar-refractivity contribution in [1.29, 1.82) is 0 Å². The fraction of sp³-hybridized carbons (Fsp3) is 0.474. The van der Waals surface area contributed by atoms with Crippen LogP contribution < -0.4 is 11.1 Å². The molecule has 2 aromatic rings. The smallest absolute Gasteiger partial charge is 0.223 e. The fourth-order valence-corrected chi connectivity index (χ4v) is 3.59. The average molecular weight is 497 g/mol. The number of nitrogens with two attached hydrogens (primary N) is 1. The molecule has 3 N–H and O–H groups in total. The highest BCUT2D eigenvalue weighted by Crippen LogP contribution is 2.42. The summed E-state index contributed by atoms with van der Waals surface area (Å²) in [6, 6.07) is 5.46. The molecule has 1 aliphatic heterocycles. The number of aromatic nitrogens is 3. The number of likely N-dealkylation sites (tertiary alicyclic amines) is 1. The number of hydrogen-bond acceptors (Lipinski definition) is 4. The molecule has 2 atom stereocenters. The molecule has 2 aromatic heterocycles. The van der Waals surface area contributed by atoms with Crippen LogP contribution in [0.4, 0.5) is 5.82 Å². The first-order valence-corrected chi connectivity index (χ1v) is 9.04. The summed E-state index contributed by atoms with van der Waals surface area (Å²) < 4.78 is 1.76. The highest BCUT2D eigenvalue weighted by atomic mass is 127. The number of amides is 1.